The Balaban J connectivity index is 2.39. The summed E-state index contributed by atoms with van der Waals surface area (Å²) in [6.45, 7) is 2.31. The molecule has 0 saturated carbocycles. The molecule has 2 atom stereocenters. The number of aliphatic carboxylic acids is 1. The van der Waals surface area contributed by atoms with Crippen LogP contribution in [0.2, 0.25) is 4.34 Å². The third-order valence-corrected chi connectivity index (χ3v) is 4.30. The largest absolute Gasteiger partial charge is 0.481 e. The van der Waals surface area contributed by atoms with Gasteiger partial charge in [-0.05, 0) is 13.3 Å². The molecule has 1 saturated heterocycles. The maximum atomic E-state index is 11.9. The van der Waals surface area contributed by atoms with Gasteiger partial charge in [-0.25, -0.2) is 4.98 Å². The van der Waals surface area contributed by atoms with E-state index in [4.69, 9.17) is 11.6 Å². The van der Waals surface area contributed by atoms with Crippen LogP contribution >= 0.6 is 22.9 Å². The highest BCUT2D eigenvalue weighted by atomic mass is 35.5. The molecule has 2 heterocycles. The summed E-state index contributed by atoms with van der Waals surface area (Å²) >= 11 is 7.07. The predicted octanol–water partition coefficient (Wildman–Crippen LogP) is 2.18. The number of carboxylic acids is 1. The van der Waals surface area contributed by atoms with E-state index in [2.05, 4.69) is 4.98 Å². The molecule has 0 radical (unpaired) electrons. The molecule has 18 heavy (non-hydrogen) atoms. The third-order valence-electron chi connectivity index (χ3n) is 3.11. The van der Waals surface area contributed by atoms with Gasteiger partial charge in [0.05, 0.1) is 18.2 Å². The summed E-state index contributed by atoms with van der Waals surface area (Å²) in [7, 11) is 0. The summed E-state index contributed by atoms with van der Waals surface area (Å²) in [4.78, 5) is 28.9. The molecule has 2 unspecified atom stereocenters. The maximum Gasteiger partial charge on any atom is 0.309 e. The molecule has 5 nitrogen and oxygen atoms in total. The number of rotatable bonds is 3. The third kappa shape index (κ3) is 2.35. The van der Waals surface area contributed by atoms with E-state index in [1.54, 1.807) is 4.90 Å². The molecule has 0 aliphatic carbocycles. The molecule has 98 valence electrons. The second kappa shape index (κ2) is 5.24. The van der Waals surface area contributed by atoms with Gasteiger partial charge in [-0.1, -0.05) is 11.6 Å². The van der Waals surface area contributed by atoms with E-state index in [-0.39, 0.29) is 12.3 Å². The first-order chi connectivity index (χ1) is 8.54. The lowest BCUT2D eigenvalue weighted by Gasteiger charge is -2.37. The Morgan fingerprint density at radius 3 is 2.94 bits per heavy atom. The Morgan fingerprint density at radius 1 is 1.72 bits per heavy atom. The number of hydrogen-bond acceptors (Lipinski definition) is 4. The van der Waals surface area contributed by atoms with Crippen molar-refractivity contribution in [1.29, 1.82) is 0 Å². The summed E-state index contributed by atoms with van der Waals surface area (Å²) in [6, 6.07) is -0.494. The molecule has 1 N–H and O–H groups in total. The Morgan fingerprint density at radius 2 is 2.44 bits per heavy atom. The maximum absolute atomic E-state index is 11.9. The lowest BCUT2D eigenvalue weighted by atomic mass is 9.89. The standard InChI is InChI=1S/C11H13ClN2O3S/c1-2-14-8(15)4-3-6(11(16)17)9(14)10-13-5-7(12)18-10/h5-6,9H,2-4H2,1H3,(H,16,17). The van der Waals surface area contributed by atoms with E-state index in [1.165, 1.54) is 17.5 Å². The number of carbonyl (C=O) groups is 2. The van der Waals surface area contributed by atoms with Crippen LogP contribution in [-0.2, 0) is 9.59 Å². The molecule has 1 amide bonds. The van der Waals surface area contributed by atoms with Crippen LogP contribution in [0, 0.1) is 5.92 Å². The van der Waals surface area contributed by atoms with Crippen molar-refractivity contribution in [2.45, 2.75) is 25.8 Å². The van der Waals surface area contributed by atoms with E-state index in [9.17, 15) is 14.7 Å². The van der Waals surface area contributed by atoms with Gasteiger partial charge >= 0.3 is 5.97 Å². The zero-order chi connectivity index (χ0) is 13.3. The van der Waals surface area contributed by atoms with Crippen molar-refractivity contribution >= 4 is 34.8 Å². The number of thiazole rings is 1. The minimum absolute atomic E-state index is 0.0219. The summed E-state index contributed by atoms with van der Waals surface area (Å²) in [6.07, 6.45) is 2.13. The Labute approximate surface area is 113 Å². The number of piperidine rings is 1. The number of nitrogens with zero attached hydrogens (tertiary/aromatic N) is 2. The summed E-state index contributed by atoms with van der Waals surface area (Å²) in [5.74, 6) is -1.52. The SMILES string of the molecule is CCN1C(=O)CCC(C(=O)O)C1c1ncc(Cl)s1. The molecule has 7 heteroatoms. The van der Waals surface area contributed by atoms with Gasteiger partial charge in [-0.15, -0.1) is 11.3 Å². The quantitative estimate of drug-likeness (QED) is 0.925. The fourth-order valence-electron chi connectivity index (χ4n) is 2.29. The zero-order valence-corrected chi connectivity index (χ0v) is 11.4. The van der Waals surface area contributed by atoms with Crippen LogP contribution < -0.4 is 0 Å². The van der Waals surface area contributed by atoms with Crippen molar-refractivity contribution in [1.82, 2.24) is 9.88 Å². The molecule has 1 aliphatic rings. The molecule has 0 spiro atoms. The fourth-order valence-corrected chi connectivity index (χ4v) is 3.40. The first-order valence-corrected chi connectivity index (χ1v) is 6.87. The molecule has 1 aromatic rings. The summed E-state index contributed by atoms with van der Waals surface area (Å²) in [5.41, 5.74) is 0. The second-order valence-corrected chi connectivity index (χ2v) is 5.80. The van der Waals surface area contributed by atoms with E-state index in [1.807, 2.05) is 6.92 Å². The van der Waals surface area contributed by atoms with Gasteiger partial charge in [0.2, 0.25) is 5.91 Å². The van der Waals surface area contributed by atoms with Crippen LogP contribution in [-0.4, -0.2) is 33.4 Å². The van der Waals surface area contributed by atoms with E-state index >= 15 is 0 Å². The van der Waals surface area contributed by atoms with Gasteiger partial charge in [0.1, 0.15) is 9.34 Å². The minimum Gasteiger partial charge on any atom is -0.481 e. The Bertz CT molecular complexity index is 475. The van der Waals surface area contributed by atoms with Gasteiger partial charge in [-0.3, -0.25) is 9.59 Å². The predicted molar refractivity (Wildman–Crippen MR) is 67.6 cm³/mol. The molecule has 1 aromatic heterocycles. The highest BCUT2D eigenvalue weighted by Gasteiger charge is 2.41. The number of carboxylic acid groups (broad SMARTS) is 1. The van der Waals surface area contributed by atoms with E-state index < -0.39 is 17.9 Å². The molecule has 1 fully saturated rings. The molecule has 2 rings (SSSR count). The van der Waals surface area contributed by atoms with Gasteiger partial charge < -0.3 is 10.0 Å². The summed E-state index contributed by atoms with van der Waals surface area (Å²) < 4.78 is 0.503. The van der Waals surface area contributed by atoms with Crippen molar-refractivity contribution in [3.63, 3.8) is 0 Å². The van der Waals surface area contributed by atoms with E-state index in [0.717, 1.165) is 0 Å². The second-order valence-electron chi connectivity index (χ2n) is 4.11. The normalized spacial score (nSPS) is 24.3. The number of aromatic nitrogens is 1. The monoisotopic (exact) mass is 288 g/mol. The molecule has 0 aromatic carbocycles. The number of hydrogen-bond donors (Lipinski definition) is 1. The Hall–Kier alpha value is -1.14. The van der Waals surface area contributed by atoms with Gasteiger partial charge in [-0.2, -0.15) is 0 Å². The average Bonchev–Trinajstić information content (AvgIpc) is 2.74. The van der Waals surface area contributed by atoms with Crippen LogP contribution in [0.4, 0.5) is 0 Å². The topological polar surface area (TPSA) is 70.5 Å². The minimum atomic E-state index is -0.891. The van der Waals surface area contributed by atoms with Crippen molar-refractivity contribution in [2.24, 2.45) is 5.92 Å². The number of carbonyl (C=O) groups excluding carboxylic acids is 1. The van der Waals surface area contributed by atoms with Crippen LogP contribution in [0.25, 0.3) is 0 Å². The average molecular weight is 289 g/mol. The van der Waals surface area contributed by atoms with E-state index in [0.29, 0.717) is 22.3 Å². The molecule has 1 aliphatic heterocycles. The lowest BCUT2D eigenvalue weighted by Crippen LogP contribution is -2.45. The fraction of sp³-hybridized carbons (Fsp3) is 0.545. The van der Waals surface area contributed by atoms with Crippen molar-refractivity contribution in [3.8, 4) is 0 Å². The van der Waals surface area contributed by atoms with Crippen molar-refractivity contribution in [3.05, 3.63) is 15.5 Å². The number of likely N-dealkylation sites (tertiary alicyclic amines) is 1. The Kier molecular flexibility index (Phi) is 3.87. The first-order valence-electron chi connectivity index (χ1n) is 5.68. The molecular weight excluding hydrogens is 276 g/mol. The van der Waals surface area contributed by atoms with Gasteiger partial charge in [0.25, 0.3) is 0 Å². The zero-order valence-electron chi connectivity index (χ0n) is 9.80. The van der Waals surface area contributed by atoms with Crippen LogP contribution in [0.3, 0.4) is 0 Å². The number of halogens is 1. The van der Waals surface area contributed by atoms with Crippen molar-refractivity contribution < 1.29 is 14.7 Å². The highest BCUT2D eigenvalue weighted by Crippen LogP contribution is 2.39. The molecular formula is C11H13ClN2O3S. The van der Waals surface area contributed by atoms with Crippen LogP contribution in [0.15, 0.2) is 6.20 Å². The highest BCUT2D eigenvalue weighted by molar-refractivity contribution is 7.15. The number of amides is 1. The van der Waals surface area contributed by atoms with Gasteiger partial charge in [0, 0.05) is 13.0 Å². The lowest BCUT2D eigenvalue weighted by molar-refractivity contribution is -0.151. The van der Waals surface area contributed by atoms with Crippen LogP contribution in [0.1, 0.15) is 30.8 Å². The first kappa shape index (κ1) is 13.3. The van der Waals surface area contributed by atoms with Crippen LogP contribution in [0.5, 0.6) is 0 Å². The summed E-state index contributed by atoms with van der Waals surface area (Å²) in [5, 5.41) is 9.88. The van der Waals surface area contributed by atoms with Crippen molar-refractivity contribution in [2.75, 3.05) is 6.54 Å². The van der Waals surface area contributed by atoms with Gasteiger partial charge in [0.15, 0.2) is 0 Å². The smallest absolute Gasteiger partial charge is 0.309 e. The molecule has 0 bridgehead atoms.